The average molecular weight is 382 g/mol. The molecule has 1 aromatic rings. The monoisotopic (exact) mass is 381 g/mol. The predicted octanol–water partition coefficient (Wildman–Crippen LogP) is 2.62. The molecule has 6 nitrogen and oxygen atoms in total. The second-order valence-electron chi connectivity index (χ2n) is 6.42. The number of hydrogen-bond donors (Lipinski definition) is 2. The molecule has 3 aliphatic rings. The second kappa shape index (κ2) is 6.52. The van der Waals surface area contributed by atoms with Crippen LogP contribution in [0, 0.1) is 0 Å². The molecule has 0 aliphatic carbocycles. The Balaban J connectivity index is 1.62. The molecule has 2 atom stereocenters. The van der Waals surface area contributed by atoms with Gasteiger partial charge in [-0.15, -0.1) is 0 Å². The molecule has 1 fully saturated rings. The molecule has 2 N–H and O–H groups in total. The second-order valence-corrected chi connectivity index (χ2v) is 7.23. The van der Waals surface area contributed by atoms with Crippen LogP contribution in [0.2, 0.25) is 10.0 Å². The van der Waals surface area contributed by atoms with Crippen molar-refractivity contribution in [3.63, 3.8) is 0 Å². The van der Waals surface area contributed by atoms with E-state index in [1.54, 1.807) is 23.1 Å². The van der Waals surface area contributed by atoms with E-state index >= 15 is 0 Å². The van der Waals surface area contributed by atoms with Crippen molar-refractivity contribution < 1.29 is 14.3 Å². The fourth-order valence-electron chi connectivity index (χ4n) is 3.55. The molecule has 25 heavy (non-hydrogen) atoms. The Kier molecular flexibility index (Phi) is 4.35. The fourth-order valence-corrected chi connectivity index (χ4v) is 3.86. The maximum atomic E-state index is 12.9. The first-order valence-electron chi connectivity index (χ1n) is 8.19. The average Bonchev–Trinajstić information content (AvgIpc) is 3.18. The van der Waals surface area contributed by atoms with E-state index in [2.05, 4.69) is 10.6 Å². The molecule has 0 radical (unpaired) electrons. The summed E-state index contributed by atoms with van der Waals surface area (Å²) in [6.45, 7) is 1.67. The molecule has 1 saturated heterocycles. The zero-order valence-electron chi connectivity index (χ0n) is 13.4. The number of rotatable bonds is 3. The third-order valence-electron chi connectivity index (χ3n) is 4.75. The topological polar surface area (TPSA) is 70.7 Å². The van der Waals surface area contributed by atoms with Crippen LogP contribution in [-0.4, -0.2) is 42.6 Å². The zero-order valence-corrected chi connectivity index (χ0v) is 14.9. The van der Waals surface area contributed by atoms with Gasteiger partial charge < -0.3 is 20.3 Å². The lowest BCUT2D eigenvalue weighted by Crippen LogP contribution is -2.44. The highest BCUT2D eigenvalue weighted by molar-refractivity contribution is 6.42. The minimum absolute atomic E-state index is 0.0670. The van der Waals surface area contributed by atoms with Crippen molar-refractivity contribution in [2.75, 3.05) is 19.7 Å². The molecule has 3 amide bonds. The highest BCUT2D eigenvalue weighted by Gasteiger charge is 2.41. The molecular weight excluding hydrogens is 365 g/mol. The van der Waals surface area contributed by atoms with Gasteiger partial charge in [0.05, 0.1) is 40.0 Å². The van der Waals surface area contributed by atoms with E-state index in [4.69, 9.17) is 27.9 Å². The molecule has 1 aromatic carbocycles. The predicted molar refractivity (Wildman–Crippen MR) is 93.5 cm³/mol. The highest BCUT2D eigenvalue weighted by atomic mass is 35.5. The van der Waals surface area contributed by atoms with E-state index in [0.29, 0.717) is 34.4 Å². The van der Waals surface area contributed by atoms with Crippen LogP contribution in [0.3, 0.4) is 0 Å². The SMILES string of the molecule is O=C1NC2=C(C(=O)N(CC3CCCO3)C2)C(c2ccc(Cl)c(Cl)c2)N1. The summed E-state index contributed by atoms with van der Waals surface area (Å²) < 4.78 is 5.63. The van der Waals surface area contributed by atoms with Gasteiger partial charge in [-0.1, -0.05) is 29.3 Å². The van der Waals surface area contributed by atoms with Crippen LogP contribution in [0.1, 0.15) is 24.4 Å². The molecule has 0 saturated carbocycles. The third-order valence-corrected chi connectivity index (χ3v) is 5.48. The summed E-state index contributed by atoms with van der Waals surface area (Å²) >= 11 is 12.1. The lowest BCUT2D eigenvalue weighted by Gasteiger charge is -2.26. The van der Waals surface area contributed by atoms with Crippen molar-refractivity contribution in [1.29, 1.82) is 0 Å². The van der Waals surface area contributed by atoms with Crippen molar-refractivity contribution >= 4 is 35.1 Å². The third kappa shape index (κ3) is 3.10. The molecule has 0 spiro atoms. The van der Waals surface area contributed by atoms with Gasteiger partial charge in [0.2, 0.25) is 0 Å². The van der Waals surface area contributed by atoms with E-state index < -0.39 is 6.04 Å². The van der Waals surface area contributed by atoms with Crippen molar-refractivity contribution in [1.82, 2.24) is 15.5 Å². The van der Waals surface area contributed by atoms with Gasteiger partial charge >= 0.3 is 6.03 Å². The van der Waals surface area contributed by atoms with Crippen molar-refractivity contribution in [2.24, 2.45) is 0 Å². The lowest BCUT2D eigenvalue weighted by atomic mass is 9.96. The Morgan fingerprint density at radius 1 is 1.24 bits per heavy atom. The Morgan fingerprint density at radius 3 is 2.80 bits per heavy atom. The number of halogens is 2. The van der Waals surface area contributed by atoms with E-state index in [-0.39, 0.29) is 18.0 Å². The van der Waals surface area contributed by atoms with Gasteiger partial charge in [0.25, 0.3) is 5.91 Å². The van der Waals surface area contributed by atoms with Crippen molar-refractivity contribution in [2.45, 2.75) is 25.0 Å². The van der Waals surface area contributed by atoms with Gasteiger partial charge in [-0.05, 0) is 30.5 Å². The molecule has 3 heterocycles. The summed E-state index contributed by atoms with van der Waals surface area (Å²) in [5, 5.41) is 6.38. The van der Waals surface area contributed by atoms with Crippen LogP contribution >= 0.6 is 23.2 Å². The number of nitrogens with zero attached hydrogens (tertiary/aromatic N) is 1. The molecule has 2 unspecified atom stereocenters. The summed E-state index contributed by atoms with van der Waals surface area (Å²) in [4.78, 5) is 26.7. The van der Waals surface area contributed by atoms with Crippen LogP contribution < -0.4 is 10.6 Å². The minimum atomic E-state index is -0.541. The van der Waals surface area contributed by atoms with Crippen LogP contribution in [0.5, 0.6) is 0 Å². The van der Waals surface area contributed by atoms with Gasteiger partial charge in [-0.2, -0.15) is 0 Å². The van der Waals surface area contributed by atoms with Crippen LogP contribution in [0.25, 0.3) is 0 Å². The Labute approximate surface area is 155 Å². The lowest BCUT2D eigenvalue weighted by molar-refractivity contribution is -0.127. The van der Waals surface area contributed by atoms with Gasteiger partial charge in [0.15, 0.2) is 0 Å². The largest absolute Gasteiger partial charge is 0.376 e. The minimum Gasteiger partial charge on any atom is -0.376 e. The first-order chi connectivity index (χ1) is 12.0. The molecular formula is C17H17Cl2N3O3. The van der Waals surface area contributed by atoms with E-state index in [9.17, 15) is 9.59 Å². The van der Waals surface area contributed by atoms with E-state index in [0.717, 1.165) is 25.0 Å². The van der Waals surface area contributed by atoms with Crippen LogP contribution in [0.4, 0.5) is 4.79 Å². The number of ether oxygens (including phenoxy) is 1. The molecule has 3 aliphatic heterocycles. The van der Waals surface area contributed by atoms with E-state index in [1.807, 2.05) is 0 Å². The van der Waals surface area contributed by atoms with Crippen molar-refractivity contribution in [3.8, 4) is 0 Å². The Hall–Kier alpha value is -1.76. The maximum Gasteiger partial charge on any atom is 0.319 e. The smallest absolute Gasteiger partial charge is 0.319 e. The molecule has 0 bridgehead atoms. The van der Waals surface area contributed by atoms with Crippen molar-refractivity contribution in [3.05, 3.63) is 45.1 Å². The first kappa shape index (κ1) is 16.7. The summed E-state index contributed by atoms with van der Waals surface area (Å²) in [5.41, 5.74) is 1.92. The van der Waals surface area contributed by atoms with Gasteiger partial charge in [-0.3, -0.25) is 4.79 Å². The quantitative estimate of drug-likeness (QED) is 0.845. The number of hydrogen-bond acceptors (Lipinski definition) is 3. The number of carbonyl (C=O) groups excluding carboxylic acids is 2. The normalized spacial score (nSPS) is 25.9. The molecule has 132 valence electrons. The number of benzene rings is 1. The number of nitrogens with one attached hydrogen (secondary N) is 2. The first-order valence-corrected chi connectivity index (χ1v) is 8.95. The summed E-state index contributed by atoms with van der Waals surface area (Å²) in [6.07, 6.45) is 2.04. The summed E-state index contributed by atoms with van der Waals surface area (Å²) in [6, 6.07) is 4.24. The molecule has 0 aromatic heterocycles. The van der Waals surface area contributed by atoms with Gasteiger partial charge in [0, 0.05) is 13.2 Å². The van der Waals surface area contributed by atoms with Gasteiger partial charge in [-0.25, -0.2) is 4.79 Å². The number of urea groups is 1. The standard InChI is InChI=1S/C17H17Cl2N3O3/c18-11-4-3-9(6-12(11)19)15-14-13(20-17(24)21-15)8-22(16(14)23)7-10-2-1-5-25-10/h3-4,6,10,15H,1-2,5,7-8H2,(H2,20,21,24). The zero-order chi connectivity index (χ0) is 17.6. The molecule has 4 rings (SSSR count). The fraction of sp³-hybridized carbons (Fsp3) is 0.412. The van der Waals surface area contributed by atoms with Crippen LogP contribution in [-0.2, 0) is 9.53 Å². The van der Waals surface area contributed by atoms with Gasteiger partial charge in [0.1, 0.15) is 0 Å². The number of carbonyl (C=O) groups is 2. The van der Waals surface area contributed by atoms with E-state index in [1.165, 1.54) is 0 Å². The Bertz CT molecular complexity index is 774. The van der Waals surface area contributed by atoms with Crippen LogP contribution in [0.15, 0.2) is 29.5 Å². The summed E-state index contributed by atoms with van der Waals surface area (Å²) in [7, 11) is 0. The Morgan fingerprint density at radius 2 is 2.08 bits per heavy atom. The summed E-state index contributed by atoms with van der Waals surface area (Å²) in [5.74, 6) is -0.0888. The maximum absolute atomic E-state index is 12.9. The molecule has 8 heteroatoms. The highest BCUT2D eigenvalue weighted by Crippen LogP contribution is 2.35. The number of amides is 3.